The van der Waals surface area contributed by atoms with E-state index in [0.29, 0.717) is 23.9 Å². The van der Waals surface area contributed by atoms with Crippen LogP contribution in [0.25, 0.3) is 0 Å². The quantitative estimate of drug-likeness (QED) is 0.889. The number of rotatable bonds is 5. The van der Waals surface area contributed by atoms with Gasteiger partial charge in [0.25, 0.3) is 0 Å². The third-order valence-corrected chi connectivity index (χ3v) is 3.53. The fourth-order valence-corrected chi connectivity index (χ4v) is 2.52. The molecule has 1 aromatic heterocycles. The molecule has 3 atom stereocenters. The molecule has 1 aromatic rings. The number of aromatic nitrogens is 2. The third-order valence-electron chi connectivity index (χ3n) is 3.24. The van der Waals surface area contributed by atoms with E-state index in [-0.39, 0.29) is 12.2 Å². The van der Waals surface area contributed by atoms with Gasteiger partial charge in [0.15, 0.2) is 0 Å². The summed E-state index contributed by atoms with van der Waals surface area (Å²) in [5, 5.41) is 15.0. The zero-order chi connectivity index (χ0) is 13.1. The van der Waals surface area contributed by atoms with E-state index in [2.05, 4.69) is 5.10 Å². The van der Waals surface area contributed by atoms with Gasteiger partial charge in [0.05, 0.1) is 42.3 Å². The molecule has 0 saturated carbocycles. The standard InChI is InChI=1S/C12H19ClN2O3/c1-8-3-4-10(18-8)12(16)11-9(13)7-14-15(11)5-6-17-2/h7-8,10,12,16H,3-6H2,1-2H3. The Bertz CT molecular complexity index is 397. The minimum Gasteiger partial charge on any atom is -0.384 e. The molecule has 3 unspecified atom stereocenters. The number of halogens is 1. The molecule has 1 aliphatic rings. The summed E-state index contributed by atoms with van der Waals surface area (Å²) in [4.78, 5) is 0. The zero-order valence-electron chi connectivity index (χ0n) is 10.7. The van der Waals surface area contributed by atoms with Crippen molar-refractivity contribution in [1.29, 1.82) is 0 Å². The molecule has 0 aromatic carbocycles. The predicted octanol–water partition coefficient (Wildman–Crippen LogP) is 1.78. The fraction of sp³-hybridized carbons (Fsp3) is 0.750. The van der Waals surface area contributed by atoms with E-state index in [1.807, 2.05) is 6.92 Å². The molecule has 1 aliphatic heterocycles. The molecule has 0 radical (unpaired) electrons. The van der Waals surface area contributed by atoms with E-state index in [9.17, 15) is 5.11 Å². The van der Waals surface area contributed by atoms with E-state index in [1.54, 1.807) is 18.0 Å². The molecule has 2 heterocycles. The number of hydrogen-bond donors (Lipinski definition) is 1. The van der Waals surface area contributed by atoms with Crippen LogP contribution in [0.2, 0.25) is 5.02 Å². The zero-order valence-corrected chi connectivity index (χ0v) is 11.4. The summed E-state index contributed by atoms with van der Waals surface area (Å²) < 4.78 is 12.4. The lowest BCUT2D eigenvalue weighted by Crippen LogP contribution is -2.23. The fourth-order valence-electron chi connectivity index (χ4n) is 2.26. The average Bonchev–Trinajstić information content (AvgIpc) is 2.92. The molecule has 1 fully saturated rings. The maximum absolute atomic E-state index is 10.4. The highest BCUT2D eigenvalue weighted by Crippen LogP contribution is 2.33. The number of methoxy groups -OCH3 is 1. The van der Waals surface area contributed by atoms with E-state index in [4.69, 9.17) is 21.1 Å². The Balaban J connectivity index is 2.13. The summed E-state index contributed by atoms with van der Waals surface area (Å²) >= 11 is 6.09. The molecule has 0 bridgehead atoms. The lowest BCUT2D eigenvalue weighted by atomic mass is 10.1. The first-order valence-electron chi connectivity index (χ1n) is 6.17. The lowest BCUT2D eigenvalue weighted by molar-refractivity contribution is -0.0334. The van der Waals surface area contributed by atoms with E-state index in [1.165, 1.54) is 0 Å². The monoisotopic (exact) mass is 274 g/mol. The Morgan fingerprint density at radius 3 is 3.06 bits per heavy atom. The van der Waals surface area contributed by atoms with Crippen molar-refractivity contribution >= 4 is 11.6 Å². The van der Waals surface area contributed by atoms with Gasteiger partial charge in [-0.05, 0) is 19.8 Å². The molecule has 1 N–H and O–H groups in total. The highest BCUT2D eigenvalue weighted by Gasteiger charge is 2.32. The average molecular weight is 275 g/mol. The number of hydrogen-bond acceptors (Lipinski definition) is 4. The minimum atomic E-state index is -0.734. The summed E-state index contributed by atoms with van der Waals surface area (Å²) in [6.45, 7) is 3.11. The van der Waals surface area contributed by atoms with Crippen molar-refractivity contribution in [3.8, 4) is 0 Å². The molecule has 0 amide bonds. The van der Waals surface area contributed by atoms with Crippen molar-refractivity contribution in [2.75, 3.05) is 13.7 Å². The summed E-state index contributed by atoms with van der Waals surface area (Å²) in [5.41, 5.74) is 0.618. The van der Waals surface area contributed by atoms with Gasteiger partial charge < -0.3 is 14.6 Å². The van der Waals surface area contributed by atoms with Crippen LogP contribution in [0, 0.1) is 0 Å². The van der Waals surface area contributed by atoms with Crippen LogP contribution in [0.1, 0.15) is 31.6 Å². The highest BCUT2D eigenvalue weighted by atomic mass is 35.5. The highest BCUT2D eigenvalue weighted by molar-refractivity contribution is 6.31. The van der Waals surface area contributed by atoms with Crippen LogP contribution in [0.15, 0.2) is 6.20 Å². The maximum Gasteiger partial charge on any atom is 0.123 e. The van der Waals surface area contributed by atoms with Gasteiger partial charge in [0, 0.05) is 7.11 Å². The topological polar surface area (TPSA) is 56.5 Å². The number of ether oxygens (including phenoxy) is 2. The number of aliphatic hydroxyl groups is 1. The van der Waals surface area contributed by atoms with Gasteiger partial charge in [-0.2, -0.15) is 5.10 Å². The Hall–Kier alpha value is -0.620. The predicted molar refractivity (Wildman–Crippen MR) is 67.6 cm³/mol. The van der Waals surface area contributed by atoms with Crippen LogP contribution in [0.5, 0.6) is 0 Å². The normalized spacial score (nSPS) is 25.6. The molecular formula is C12H19ClN2O3. The van der Waals surface area contributed by atoms with Crippen molar-refractivity contribution in [2.45, 2.75) is 44.6 Å². The molecular weight excluding hydrogens is 256 g/mol. The molecule has 2 rings (SSSR count). The second kappa shape index (κ2) is 6.02. The molecule has 0 spiro atoms. The summed E-state index contributed by atoms with van der Waals surface area (Å²) in [7, 11) is 1.63. The summed E-state index contributed by atoms with van der Waals surface area (Å²) in [6.07, 6.45) is 2.62. The number of nitrogens with zero attached hydrogens (tertiary/aromatic N) is 2. The molecule has 6 heteroatoms. The van der Waals surface area contributed by atoms with Crippen LogP contribution >= 0.6 is 11.6 Å². The van der Waals surface area contributed by atoms with Crippen molar-refractivity contribution in [1.82, 2.24) is 9.78 Å². The van der Waals surface area contributed by atoms with Crippen LogP contribution in [-0.2, 0) is 16.0 Å². The first-order valence-corrected chi connectivity index (χ1v) is 6.55. The van der Waals surface area contributed by atoms with Crippen LogP contribution < -0.4 is 0 Å². The first kappa shape index (κ1) is 13.8. The van der Waals surface area contributed by atoms with Gasteiger partial charge in [-0.25, -0.2) is 0 Å². The van der Waals surface area contributed by atoms with Crippen LogP contribution in [-0.4, -0.2) is 40.8 Å². The second-order valence-corrected chi connectivity index (χ2v) is 5.01. The van der Waals surface area contributed by atoms with Gasteiger partial charge in [-0.15, -0.1) is 0 Å². The number of aliphatic hydroxyl groups excluding tert-OH is 1. The Labute approximate surface area is 112 Å². The molecule has 1 saturated heterocycles. The Morgan fingerprint density at radius 2 is 2.44 bits per heavy atom. The molecule has 0 aliphatic carbocycles. The van der Waals surface area contributed by atoms with Crippen molar-refractivity contribution in [2.24, 2.45) is 0 Å². The maximum atomic E-state index is 10.4. The minimum absolute atomic E-state index is 0.193. The van der Waals surface area contributed by atoms with E-state index in [0.717, 1.165) is 12.8 Å². The first-order chi connectivity index (χ1) is 8.63. The van der Waals surface area contributed by atoms with Gasteiger partial charge in [-0.1, -0.05) is 11.6 Å². The SMILES string of the molecule is COCCn1ncc(Cl)c1C(O)C1CCC(C)O1. The van der Waals surface area contributed by atoms with Crippen molar-refractivity contribution in [3.63, 3.8) is 0 Å². The molecule has 18 heavy (non-hydrogen) atoms. The molecule has 5 nitrogen and oxygen atoms in total. The van der Waals surface area contributed by atoms with Crippen molar-refractivity contribution in [3.05, 3.63) is 16.9 Å². The van der Waals surface area contributed by atoms with Gasteiger partial charge in [-0.3, -0.25) is 4.68 Å². The largest absolute Gasteiger partial charge is 0.384 e. The van der Waals surface area contributed by atoms with E-state index < -0.39 is 6.10 Å². The third kappa shape index (κ3) is 2.85. The Kier molecular flexibility index (Phi) is 4.61. The van der Waals surface area contributed by atoms with Crippen molar-refractivity contribution < 1.29 is 14.6 Å². The lowest BCUT2D eigenvalue weighted by Gasteiger charge is -2.20. The van der Waals surface area contributed by atoms with Crippen LogP contribution in [0.3, 0.4) is 0 Å². The Morgan fingerprint density at radius 1 is 1.67 bits per heavy atom. The molecule has 102 valence electrons. The van der Waals surface area contributed by atoms with Crippen LogP contribution in [0.4, 0.5) is 0 Å². The second-order valence-electron chi connectivity index (χ2n) is 4.60. The smallest absolute Gasteiger partial charge is 0.123 e. The van der Waals surface area contributed by atoms with Gasteiger partial charge >= 0.3 is 0 Å². The van der Waals surface area contributed by atoms with Gasteiger partial charge in [0.2, 0.25) is 0 Å². The van der Waals surface area contributed by atoms with E-state index >= 15 is 0 Å². The summed E-state index contributed by atoms with van der Waals surface area (Å²) in [5.74, 6) is 0. The summed E-state index contributed by atoms with van der Waals surface area (Å²) in [6, 6.07) is 0. The van der Waals surface area contributed by atoms with Gasteiger partial charge in [0.1, 0.15) is 6.10 Å².